The van der Waals surface area contributed by atoms with Crippen molar-refractivity contribution in [2.24, 2.45) is 5.41 Å². The highest BCUT2D eigenvalue weighted by molar-refractivity contribution is 5.93. The Morgan fingerprint density at radius 1 is 1.38 bits per heavy atom. The van der Waals surface area contributed by atoms with Gasteiger partial charge >= 0.3 is 5.97 Å². The van der Waals surface area contributed by atoms with Crippen LogP contribution >= 0.6 is 0 Å². The molecule has 114 valence electrons. The maximum Gasteiger partial charge on any atom is 0.311 e. The predicted octanol–water partition coefficient (Wildman–Crippen LogP) is 1.01. The molecule has 6 heteroatoms. The molecule has 0 bridgehead atoms. The number of aliphatic carboxylic acids is 1. The molecule has 0 unspecified atom stereocenters. The minimum absolute atomic E-state index is 0.175. The fourth-order valence-electron chi connectivity index (χ4n) is 2.95. The average molecular weight is 291 g/mol. The molecule has 1 aliphatic carbocycles. The first-order valence-electron chi connectivity index (χ1n) is 7.52. The van der Waals surface area contributed by atoms with Crippen LogP contribution in [0.25, 0.3) is 0 Å². The second-order valence-corrected chi connectivity index (χ2v) is 6.05. The van der Waals surface area contributed by atoms with E-state index in [2.05, 4.69) is 10.6 Å². The molecule has 0 radical (unpaired) electrons. The molecule has 1 aromatic heterocycles. The van der Waals surface area contributed by atoms with E-state index in [0.29, 0.717) is 24.6 Å². The number of carbonyl (C=O) groups is 2. The summed E-state index contributed by atoms with van der Waals surface area (Å²) in [6, 6.07) is 4.02. The van der Waals surface area contributed by atoms with Gasteiger partial charge in [0.25, 0.3) is 5.91 Å². The largest absolute Gasteiger partial charge is 0.481 e. The number of carbonyl (C=O) groups excluding carboxylic acids is 1. The third-order valence-corrected chi connectivity index (χ3v) is 4.61. The van der Waals surface area contributed by atoms with Gasteiger partial charge in [-0.1, -0.05) is 0 Å². The van der Waals surface area contributed by atoms with Gasteiger partial charge in [-0.15, -0.1) is 0 Å². The Labute approximate surface area is 123 Å². The molecule has 2 fully saturated rings. The molecule has 1 saturated carbocycles. The van der Waals surface area contributed by atoms with Crippen molar-refractivity contribution in [2.75, 3.05) is 19.6 Å². The third-order valence-electron chi connectivity index (χ3n) is 4.61. The van der Waals surface area contributed by atoms with Crippen LogP contribution in [0.4, 0.5) is 0 Å². The number of hydrogen-bond acceptors (Lipinski definition) is 3. The van der Waals surface area contributed by atoms with Gasteiger partial charge in [0.2, 0.25) is 0 Å². The van der Waals surface area contributed by atoms with Crippen molar-refractivity contribution >= 4 is 11.9 Å². The van der Waals surface area contributed by atoms with Crippen LogP contribution in [-0.4, -0.2) is 41.2 Å². The van der Waals surface area contributed by atoms with Crippen LogP contribution < -0.4 is 10.6 Å². The normalized spacial score (nSPS) is 21.0. The number of amides is 1. The van der Waals surface area contributed by atoms with Gasteiger partial charge in [-0.05, 0) is 50.9 Å². The topological polar surface area (TPSA) is 83.4 Å². The summed E-state index contributed by atoms with van der Waals surface area (Å²) >= 11 is 0. The number of aromatic nitrogens is 1. The van der Waals surface area contributed by atoms with Crippen molar-refractivity contribution in [3.63, 3.8) is 0 Å². The van der Waals surface area contributed by atoms with Crippen LogP contribution in [0.2, 0.25) is 0 Å². The number of hydrogen-bond donors (Lipinski definition) is 3. The first-order valence-corrected chi connectivity index (χ1v) is 7.52. The molecule has 2 aliphatic rings. The van der Waals surface area contributed by atoms with Crippen molar-refractivity contribution in [1.29, 1.82) is 0 Å². The lowest BCUT2D eigenvalue weighted by atomic mass is 10.1. The number of rotatable bonds is 5. The Bertz CT molecular complexity index is 542. The molecule has 21 heavy (non-hydrogen) atoms. The summed E-state index contributed by atoms with van der Waals surface area (Å²) in [6.45, 7) is 2.15. The average Bonchev–Trinajstić information content (AvgIpc) is 3.14. The van der Waals surface area contributed by atoms with E-state index in [1.807, 2.05) is 16.8 Å². The van der Waals surface area contributed by atoms with Crippen molar-refractivity contribution in [2.45, 2.75) is 31.7 Å². The minimum atomic E-state index is -0.809. The fraction of sp³-hybridized carbons (Fsp3) is 0.600. The molecule has 3 rings (SSSR count). The van der Waals surface area contributed by atoms with Crippen LogP contribution in [0, 0.1) is 5.41 Å². The summed E-state index contributed by atoms with van der Waals surface area (Å²) in [7, 11) is 0. The highest BCUT2D eigenvalue weighted by Crippen LogP contribution is 2.45. The molecule has 2 heterocycles. The van der Waals surface area contributed by atoms with Gasteiger partial charge in [0, 0.05) is 18.8 Å². The van der Waals surface area contributed by atoms with Gasteiger partial charge in [-0.2, -0.15) is 0 Å². The monoisotopic (exact) mass is 291 g/mol. The standard InChI is InChI=1S/C15H21N3O3/c19-13(17-10-15(5-6-15)14(20)21)12-2-1-9-18(12)11-3-7-16-8-4-11/h1-2,9,11,16H,3-8,10H2,(H,17,19)(H,20,21). The molecular formula is C15H21N3O3. The summed E-state index contributed by atoms with van der Waals surface area (Å²) in [5.74, 6) is -0.984. The van der Waals surface area contributed by atoms with Crippen molar-refractivity contribution < 1.29 is 14.7 Å². The Morgan fingerprint density at radius 3 is 2.71 bits per heavy atom. The van der Waals surface area contributed by atoms with E-state index in [1.54, 1.807) is 6.07 Å². The lowest BCUT2D eigenvalue weighted by Crippen LogP contribution is -2.36. The van der Waals surface area contributed by atoms with Gasteiger partial charge in [0.15, 0.2) is 0 Å². The number of carboxylic acid groups (broad SMARTS) is 1. The molecule has 0 aromatic carbocycles. The Morgan fingerprint density at radius 2 is 2.10 bits per heavy atom. The lowest BCUT2D eigenvalue weighted by molar-refractivity contribution is -0.143. The van der Waals surface area contributed by atoms with Crippen LogP contribution in [0.5, 0.6) is 0 Å². The zero-order valence-corrected chi connectivity index (χ0v) is 12.0. The van der Waals surface area contributed by atoms with E-state index >= 15 is 0 Å². The van der Waals surface area contributed by atoms with E-state index in [1.165, 1.54) is 0 Å². The minimum Gasteiger partial charge on any atom is -0.481 e. The van der Waals surface area contributed by atoms with Crippen molar-refractivity contribution in [3.05, 3.63) is 24.0 Å². The summed E-state index contributed by atoms with van der Waals surface area (Å²) in [5.41, 5.74) is -0.0925. The Kier molecular flexibility index (Phi) is 3.71. The van der Waals surface area contributed by atoms with Crippen LogP contribution in [0.3, 0.4) is 0 Å². The molecule has 0 atom stereocenters. The van der Waals surface area contributed by atoms with E-state index in [-0.39, 0.29) is 12.5 Å². The first kappa shape index (κ1) is 14.1. The van der Waals surface area contributed by atoms with E-state index < -0.39 is 11.4 Å². The Hall–Kier alpha value is -1.82. The molecular weight excluding hydrogens is 270 g/mol. The molecule has 1 amide bonds. The maximum absolute atomic E-state index is 12.3. The second kappa shape index (κ2) is 5.52. The lowest BCUT2D eigenvalue weighted by Gasteiger charge is -2.26. The van der Waals surface area contributed by atoms with Gasteiger partial charge in [0.05, 0.1) is 5.41 Å². The number of piperidine rings is 1. The highest BCUT2D eigenvalue weighted by atomic mass is 16.4. The zero-order valence-electron chi connectivity index (χ0n) is 12.0. The van der Waals surface area contributed by atoms with E-state index in [0.717, 1.165) is 25.9 Å². The number of nitrogens with zero attached hydrogens (tertiary/aromatic N) is 1. The smallest absolute Gasteiger partial charge is 0.311 e. The van der Waals surface area contributed by atoms with Gasteiger partial charge in [-0.25, -0.2) is 0 Å². The molecule has 3 N–H and O–H groups in total. The van der Waals surface area contributed by atoms with Gasteiger partial charge in [-0.3, -0.25) is 9.59 Å². The van der Waals surface area contributed by atoms with Crippen LogP contribution in [0.15, 0.2) is 18.3 Å². The summed E-state index contributed by atoms with van der Waals surface area (Å²) in [6.07, 6.45) is 5.26. The SMILES string of the molecule is O=C(NCC1(C(=O)O)CC1)c1cccn1C1CCNCC1. The zero-order chi connectivity index (χ0) is 14.9. The van der Waals surface area contributed by atoms with Crippen LogP contribution in [0.1, 0.15) is 42.2 Å². The summed E-state index contributed by atoms with van der Waals surface area (Å²) in [5, 5.41) is 15.2. The quantitative estimate of drug-likeness (QED) is 0.756. The molecule has 1 aromatic rings. The van der Waals surface area contributed by atoms with E-state index in [9.17, 15) is 9.59 Å². The maximum atomic E-state index is 12.3. The fourth-order valence-corrected chi connectivity index (χ4v) is 2.95. The molecule has 1 aliphatic heterocycles. The number of nitrogens with one attached hydrogen (secondary N) is 2. The van der Waals surface area contributed by atoms with Gasteiger partial charge < -0.3 is 20.3 Å². The van der Waals surface area contributed by atoms with Crippen LogP contribution in [-0.2, 0) is 4.79 Å². The second-order valence-electron chi connectivity index (χ2n) is 6.05. The number of carboxylic acids is 1. The summed E-state index contributed by atoms with van der Waals surface area (Å²) < 4.78 is 2.02. The van der Waals surface area contributed by atoms with E-state index in [4.69, 9.17) is 5.11 Å². The molecule has 0 spiro atoms. The van der Waals surface area contributed by atoms with Crippen molar-refractivity contribution in [3.8, 4) is 0 Å². The molecule has 6 nitrogen and oxygen atoms in total. The highest BCUT2D eigenvalue weighted by Gasteiger charge is 2.50. The Balaban J connectivity index is 1.65. The van der Waals surface area contributed by atoms with Gasteiger partial charge in [0.1, 0.15) is 5.69 Å². The molecule has 1 saturated heterocycles. The first-order chi connectivity index (χ1) is 10.1. The van der Waals surface area contributed by atoms with Crippen molar-refractivity contribution in [1.82, 2.24) is 15.2 Å². The summed E-state index contributed by atoms with van der Waals surface area (Å²) in [4.78, 5) is 23.5. The third kappa shape index (κ3) is 2.81. The predicted molar refractivity (Wildman–Crippen MR) is 77.2 cm³/mol.